The van der Waals surface area contributed by atoms with E-state index < -0.39 is 5.91 Å². The Hall–Kier alpha value is -2.78. The molecule has 1 aliphatic carbocycles. The van der Waals surface area contributed by atoms with Crippen LogP contribution in [0.5, 0.6) is 0 Å². The van der Waals surface area contributed by atoms with Crippen LogP contribution < -0.4 is 10.6 Å². The number of halogens is 1. The number of para-hydroxylation sites is 2. The number of carbonyl (C=O) groups excluding carboxylic acids is 1. The van der Waals surface area contributed by atoms with Crippen LogP contribution in [-0.4, -0.2) is 28.4 Å². The van der Waals surface area contributed by atoms with Gasteiger partial charge in [-0.2, -0.15) is 5.26 Å². The number of amides is 1. The van der Waals surface area contributed by atoms with Crippen LogP contribution in [0.25, 0.3) is 16.7 Å². The van der Waals surface area contributed by atoms with Crippen molar-refractivity contribution in [3.63, 3.8) is 0 Å². The van der Waals surface area contributed by atoms with E-state index in [9.17, 15) is 10.1 Å². The molecular weight excluding hydrogens is 398 g/mol. The first-order chi connectivity index (χ1) is 13.9. The molecule has 1 saturated heterocycles. The molecule has 0 spiro atoms. The van der Waals surface area contributed by atoms with Crippen molar-refractivity contribution in [1.82, 2.24) is 9.38 Å². The number of rotatable bonds is 2. The van der Waals surface area contributed by atoms with Crippen LogP contribution in [0.15, 0.2) is 24.3 Å². The molecule has 2 N–H and O–H groups in total. The molecule has 2 aliphatic rings. The van der Waals surface area contributed by atoms with Crippen LogP contribution >= 0.6 is 12.4 Å². The Balaban J connectivity index is 0.00000218. The fraction of sp³-hybridized carbons (Fsp3) is 0.435. The van der Waals surface area contributed by atoms with Gasteiger partial charge in [-0.3, -0.25) is 9.20 Å². The standard InChI is InChI=1S/C23H25N5O.ClH/c1-23(2)11-15-16(12-23)22(27-9-7-14(13-24)8-10-27)28-18-6-4-3-5-17(18)26-21(28)19(15)20(25)29;/h3-6,14H,7-12H2,1-2H3,(H2,25,29);1H. The number of imidazole rings is 1. The van der Waals surface area contributed by atoms with Gasteiger partial charge in [0, 0.05) is 19.0 Å². The lowest BCUT2D eigenvalue weighted by Gasteiger charge is -2.33. The Morgan fingerprint density at radius 2 is 1.87 bits per heavy atom. The quantitative estimate of drug-likeness (QED) is 0.677. The highest BCUT2D eigenvalue weighted by molar-refractivity contribution is 6.04. The number of nitrogens with zero attached hydrogens (tertiary/aromatic N) is 4. The molecule has 6 nitrogen and oxygen atoms in total. The molecule has 3 aromatic rings. The SMILES string of the molecule is CC1(C)Cc2c(c(N3CCC(C#N)CC3)n3c(nc4ccccc43)c2C(N)=O)C1.Cl. The van der Waals surface area contributed by atoms with Crippen molar-refractivity contribution in [1.29, 1.82) is 5.26 Å². The summed E-state index contributed by atoms with van der Waals surface area (Å²) < 4.78 is 2.14. The van der Waals surface area contributed by atoms with Crippen molar-refractivity contribution in [2.45, 2.75) is 39.5 Å². The van der Waals surface area contributed by atoms with Crippen LogP contribution in [0, 0.1) is 22.7 Å². The maximum absolute atomic E-state index is 12.6. The second-order valence-corrected chi connectivity index (χ2v) is 9.19. The van der Waals surface area contributed by atoms with Gasteiger partial charge in [-0.25, -0.2) is 4.98 Å². The van der Waals surface area contributed by atoms with Crippen molar-refractivity contribution >= 4 is 40.8 Å². The van der Waals surface area contributed by atoms with E-state index in [0.717, 1.165) is 61.2 Å². The van der Waals surface area contributed by atoms with E-state index in [1.807, 2.05) is 18.2 Å². The monoisotopic (exact) mass is 423 g/mol. The summed E-state index contributed by atoms with van der Waals surface area (Å²) in [6, 6.07) is 10.4. The van der Waals surface area contributed by atoms with Crippen LogP contribution in [0.2, 0.25) is 0 Å². The van der Waals surface area contributed by atoms with Crippen LogP contribution in [0.3, 0.4) is 0 Å². The molecule has 0 unspecified atom stereocenters. The summed E-state index contributed by atoms with van der Waals surface area (Å²) in [5.41, 5.74) is 11.3. The molecule has 0 bridgehead atoms. The summed E-state index contributed by atoms with van der Waals surface area (Å²) in [6.07, 6.45) is 3.45. The smallest absolute Gasteiger partial charge is 0.252 e. The fourth-order valence-corrected chi connectivity index (χ4v) is 5.18. The topological polar surface area (TPSA) is 87.4 Å². The van der Waals surface area contributed by atoms with E-state index in [0.29, 0.717) is 11.2 Å². The van der Waals surface area contributed by atoms with Gasteiger partial charge in [0.15, 0.2) is 5.65 Å². The first-order valence-corrected chi connectivity index (χ1v) is 10.3. The molecule has 0 atom stereocenters. The molecule has 30 heavy (non-hydrogen) atoms. The summed E-state index contributed by atoms with van der Waals surface area (Å²) in [4.78, 5) is 19.8. The number of nitriles is 1. The highest BCUT2D eigenvalue weighted by Gasteiger charge is 2.38. The molecule has 3 heterocycles. The number of anilines is 1. The van der Waals surface area contributed by atoms with E-state index in [-0.39, 0.29) is 23.7 Å². The van der Waals surface area contributed by atoms with Crippen molar-refractivity contribution in [2.75, 3.05) is 18.0 Å². The summed E-state index contributed by atoms with van der Waals surface area (Å²) in [6.45, 7) is 6.15. The molecule has 5 rings (SSSR count). The predicted molar refractivity (Wildman–Crippen MR) is 120 cm³/mol. The molecular formula is C23H26ClN5O. The first-order valence-electron chi connectivity index (χ1n) is 10.3. The Morgan fingerprint density at radius 1 is 1.20 bits per heavy atom. The number of hydrogen-bond donors (Lipinski definition) is 1. The summed E-state index contributed by atoms with van der Waals surface area (Å²) in [5.74, 6) is 0.848. The first kappa shape index (κ1) is 20.5. The fourth-order valence-electron chi connectivity index (χ4n) is 5.18. The largest absolute Gasteiger partial charge is 0.365 e. The highest BCUT2D eigenvalue weighted by Crippen LogP contribution is 2.45. The molecule has 1 amide bonds. The summed E-state index contributed by atoms with van der Waals surface area (Å²) in [7, 11) is 0. The van der Waals surface area contributed by atoms with Gasteiger partial charge < -0.3 is 10.6 Å². The van der Waals surface area contributed by atoms with E-state index >= 15 is 0 Å². The molecule has 2 aromatic heterocycles. The van der Waals surface area contributed by atoms with Gasteiger partial charge in [-0.1, -0.05) is 26.0 Å². The van der Waals surface area contributed by atoms with Crippen LogP contribution in [-0.2, 0) is 12.8 Å². The molecule has 156 valence electrons. The van der Waals surface area contributed by atoms with Crippen molar-refractivity contribution < 1.29 is 4.79 Å². The normalized spacial score (nSPS) is 18.2. The second kappa shape index (κ2) is 7.17. The Labute approximate surface area is 182 Å². The number of carbonyl (C=O) groups is 1. The minimum atomic E-state index is -0.408. The average molecular weight is 424 g/mol. The molecule has 1 aliphatic heterocycles. The molecule has 1 aromatic carbocycles. The minimum Gasteiger partial charge on any atom is -0.365 e. The number of primary amides is 1. The lowest BCUT2D eigenvalue weighted by Crippen LogP contribution is -2.35. The van der Waals surface area contributed by atoms with Crippen molar-refractivity contribution in [2.24, 2.45) is 17.1 Å². The maximum Gasteiger partial charge on any atom is 0.252 e. The third kappa shape index (κ3) is 3.00. The van der Waals surface area contributed by atoms with Gasteiger partial charge in [0.2, 0.25) is 0 Å². The minimum absolute atomic E-state index is 0. The van der Waals surface area contributed by atoms with Crippen LogP contribution in [0.1, 0.15) is 48.2 Å². The molecule has 1 fully saturated rings. The number of pyridine rings is 1. The number of hydrogen-bond acceptors (Lipinski definition) is 4. The third-order valence-electron chi connectivity index (χ3n) is 6.47. The molecule has 0 radical (unpaired) electrons. The Morgan fingerprint density at radius 3 is 2.53 bits per heavy atom. The molecule has 7 heteroatoms. The van der Waals surface area contributed by atoms with Gasteiger partial charge in [-0.05, 0) is 54.4 Å². The van der Waals surface area contributed by atoms with Gasteiger partial charge >= 0.3 is 0 Å². The number of nitrogens with two attached hydrogens (primary N) is 1. The van der Waals surface area contributed by atoms with Crippen LogP contribution in [0.4, 0.5) is 5.82 Å². The lowest BCUT2D eigenvalue weighted by atomic mass is 9.90. The number of aromatic nitrogens is 2. The van der Waals surface area contributed by atoms with E-state index in [1.165, 1.54) is 5.56 Å². The molecule has 0 saturated carbocycles. The van der Waals surface area contributed by atoms with E-state index in [4.69, 9.17) is 10.7 Å². The zero-order chi connectivity index (χ0) is 20.3. The Kier molecular flexibility index (Phi) is 4.90. The third-order valence-corrected chi connectivity index (χ3v) is 6.47. The second-order valence-electron chi connectivity index (χ2n) is 9.19. The van der Waals surface area contributed by atoms with E-state index in [2.05, 4.69) is 35.3 Å². The van der Waals surface area contributed by atoms with Gasteiger partial charge in [0.1, 0.15) is 5.82 Å². The highest BCUT2D eigenvalue weighted by atomic mass is 35.5. The summed E-state index contributed by atoms with van der Waals surface area (Å²) >= 11 is 0. The number of benzene rings is 1. The lowest BCUT2D eigenvalue weighted by molar-refractivity contribution is 0.100. The number of fused-ring (bicyclic) bond motifs is 4. The van der Waals surface area contributed by atoms with Gasteiger partial charge in [0.05, 0.1) is 22.7 Å². The van der Waals surface area contributed by atoms with Gasteiger partial charge in [0.25, 0.3) is 5.91 Å². The number of piperidine rings is 1. The van der Waals surface area contributed by atoms with Gasteiger partial charge in [-0.15, -0.1) is 12.4 Å². The Bertz CT molecular complexity index is 1200. The zero-order valence-electron chi connectivity index (χ0n) is 17.3. The zero-order valence-corrected chi connectivity index (χ0v) is 18.1. The summed E-state index contributed by atoms with van der Waals surface area (Å²) in [5, 5.41) is 9.31. The predicted octanol–water partition coefficient (Wildman–Crippen LogP) is 3.87. The maximum atomic E-state index is 12.6. The average Bonchev–Trinajstić information content (AvgIpc) is 3.21. The van der Waals surface area contributed by atoms with E-state index in [1.54, 1.807) is 0 Å². The van der Waals surface area contributed by atoms with Crippen molar-refractivity contribution in [3.05, 3.63) is 41.0 Å². The van der Waals surface area contributed by atoms with Crippen molar-refractivity contribution in [3.8, 4) is 6.07 Å².